The highest BCUT2D eigenvalue weighted by Crippen LogP contribution is 2.32. The Hall–Kier alpha value is -5.10. The van der Waals surface area contributed by atoms with E-state index < -0.39 is 17.4 Å². The number of pyridine rings is 1. The molecule has 10 nitrogen and oxygen atoms in total. The van der Waals surface area contributed by atoms with Crippen LogP contribution in [-0.4, -0.2) is 67.4 Å². The van der Waals surface area contributed by atoms with Gasteiger partial charge >= 0.3 is 0 Å². The molecule has 1 saturated heterocycles. The van der Waals surface area contributed by atoms with E-state index in [9.17, 15) is 18.4 Å². The molecule has 224 valence electrons. The number of likely N-dealkylation sites (N-methyl/N-ethyl adjacent to an activating group) is 1. The molecule has 1 unspecified atom stereocenters. The van der Waals surface area contributed by atoms with Crippen molar-refractivity contribution in [2.75, 3.05) is 25.9 Å². The molecule has 1 amide bonds. The van der Waals surface area contributed by atoms with Crippen LogP contribution in [0.5, 0.6) is 11.6 Å². The van der Waals surface area contributed by atoms with Gasteiger partial charge in [-0.2, -0.15) is 5.10 Å². The number of aromatic nitrogens is 4. The van der Waals surface area contributed by atoms with Gasteiger partial charge in [0, 0.05) is 36.6 Å². The van der Waals surface area contributed by atoms with Crippen molar-refractivity contribution in [2.45, 2.75) is 32.4 Å². The Bertz CT molecular complexity index is 1950. The van der Waals surface area contributed by atoms with E-state index in [-0.39, 0.29) is 35.0 Å². The quantitative estimate of drug-likeness (QED) is 0.276. The number of nitrogens with two attached hydrogens (primary N) is 1. The van der Waals surface area contributed by atoms with Crippen molar-refractivity contribution in [3.05, 3.63) is 94.4 Å². The molecule has 2 aliphatic heterocycles. The number of anilines is 1. The summed E-state index contributed by atoms with van der Waals surface area (Å²) in [7, 11) is 1.97. The standard InChI is InChI=1S/C32H29F2N7O3/c1-17-12-28(44-30-22(33)4-3-5-23(30)34)36-15-27(17)41-31(35)20(14-37-41)29(42)25-13-19-21-16-40(32(43)26-9-10-39(26)2)11-8-18(21)6-7-24(19)38-25/h3-7,12-15,26,38H,8-11,16,35H2,1-2H3. The molecule has 0 saturated carbocycles. The van der Waals surface area contributed by atoms with Crippen molar-refractivity contribution >= 4 is 28.4 Å². The molecule has 3 N–H and O–H groups in total. The molecule has 0 bridgehead atoms. The largest absolute Gasteiger partial charge is 0.433 e. The van der Waals surface area contributed by atoms with Crippen molar-refractivity contribution in [1.82, 2.24) is 29.5 Å². The topological polar surface area (TPSA) is 122 Å². The highest BCUT2D eigenvalue weighted by atomic mass is 19.1. The number of amides is 1. The van der Waals surface area contributed by atoms with E-state index in [1.54, 1.807) is 6.92 Å². The number of halogens is 2. The van der Waals surface area contributed by atoms with Crippen LogP contribution in [0.25, 0.3) is 16.6 Å². The van der Waals surface area contributed by atoms with Gasteiger partial charge < -0.3 is 20.4 Å². The molecule has 2 aromatic carbocycles. The normalized spacial score (nSPS) is 16.5. The number of carbonyl (C=O) groups is 2. The van der Waals surface area contributed by atoms with Gasteiger partial charge in [0.05, 0.1) is 35.4 Å². The lowest BCUT2D eigenvalue weighted by Crippen LogP contribution is -2.55. The second-order valence-electron chi connectivity index (χ2n) is 11.3. The molecule has 0 spiro atoms. The van der Waals surface area contributed by atoms with Crippen LogP contribution in [0.4, 0.5) is 14.6 Å². The Labute approximate surface area is 251 Å². The average molecular weight is 598 g/mol. The molecule has 2 aliphatic rings. The third-order valence-electron chi connectivity index (χ3n) is 8.60. The third-order valence-corrected chi connectivity index (χ3v) is 8.60. The van der Waals surface area contributed by atoms with Crippen LogP contribution >= 0.6 is 0 Å². The summed E-state index contributed by atoms with van der Waals surface area (Å²) in [5.74, 6) is -2.34. The number of ketones is 1. The van der Waals surface area contributed by atoms with Crippen LogP contribution in [0.2, 0.25) is 0 Å². The number of nitrogens with zero attached hydrogens (tertiary/aromatic N) is 5. The molecule has 12 heteroatoms. The first-order chi connectivity index (χ1) is 21.2. The zero-order valence-corrected chi connectivity index (χ0v) is 24.1. The predicted octanol–water partition coefficient (Wildman–Crippen LogP) is 4.53. The summed E-state index contributed by atoms with van der Waals surface area (Å²) >= 11 is 0. The van der Waals surface area contributed by atoms with Crippen molar-refractivity contribution in [2.24, 2.45) is 0 Å². The summed E-state index contributed by atoms with van der Waals surface area (Å²) in [4.78, 5) is 38.1. The Balaban J connectivity index is 1.14. The first kappa shape index (κ1) is 27.7. The van der Waals surface area contributed by atoms with E-state index in [2.05, 4.69) is 26.0 Å². The van der Waals surface area contributed by atoms with E-state index in [0.717, 1.165) is 48.0 Å². The first-order valence-electron chi connectivity index (χ1n) is 14.3. The molecular weight excluding hydrogens is 568 g/mol. The van der Waals surface area contributed by atoms with E-state index in [1.807, 2.05) is 24.1 Å². The number of H-pyrrole nitrogens is 1. The smallest absolute Gasteiger partial charge is 0.240 e. The number of aromatic amines is 1. The van der Waals surface area contributed by atoms with Crippen molar-refractivity contribution in [3.63, 3.8) is 0 Å². The first-order valence-corrected chi connectivity index (χ1v) is 14.3. The SMILES string of the molecule is Cc1cc(Oc2c(F)cccc2F)ncc1-n1ncc(C(=O)c2cc3c4c(ccc3[nH]2)CCN(C(=O)C2CCN2C)C4)c1N. The van der Waals surface area contributed by atoms with Gasteiger partial charge in [-0.15, -0.1) is 0 Å². The molecule has 1 fully saturated rings. The summed E-state index contributed by atoms with van der Waals surface area (Å²) in [6.07, 6.45) is 4.44. The highest BCUT2D eigenvalue weighted by molar-refractivity contribution is 6.12. The Morgan fingerprint density at radius 1 is 1.09 bits per heavy atom. The van der Waals surface area contributed by atoms with Crippen molar-refractivity contribution in [1.29, 1.82) is 0 Å². The summed E-state index contributed by atoms with van der Waals surface area (Å²) < 4.78 is 34.8. The lowest BCUT2D eigenvalue weighted by Gasteiger charge is -2.41. The fraction of sp³-hybridized carbons (Fsp3) is 0.250. The van der Waals surface area contributed by atoms with Crippen LogP contribution in [-0.2, 0) is 17.8 Å². The minimum Gasteiger partial charge on any atom is -0.433 e. The van der Waals surface area contributed by atoms with Gasteiger partial charge in [-0.25, -0.2) is 18.4 Å². The number of likely N-dealkylation sites (tertiary alicyclic amines) is 1. The summed E-state index contributed by atoms with van der Waals surface area (Å²) in [5.41, 5.74) is 11.1. The Morgan fingerprint density at radius 2 is 1.89 bits per heavy atom. The minimum atomic E-state index is -0.849. The van der Waals surface area contributed by atoms with Gasteiger partial charge in [0.25, 0.3) is 0 Å². The van der Waals surface area contributed by atoms with Gasteiger partial charge in [0.15, 0.2) is 11.6 Å². The second-order valence-corrected chi connectivity index (χ2v) is 11.3. The number of ether oxygens (including phenoxy) is 1. The average Bonchev–Trinajstić information content (AvgIpc) is 3.62. The molecule has 0 aliphatic carbocycles. The van der Waals surface area contributed by atoms with Crippen LogP contribution in [0.3, 0.4) is 0 Å². The summed E-state index contributed by atoms with van der Waals surface area (Å²) in [6.45, 7) is 3.84. The predicted molar refractivity (Wildman–Crippen MR) is 159 cm³/mol. The Kier molecular flexibility index (Phi) is 6.65. The monoisotopic (exact) mass is 597 g/mol. The minimum absolute atomic E-state index is 0.0151. The lowest BCUT2D eigenvalue weighted by atomic mass is 9.94. The molecular formula is C32H29F2N7O3. The van der Waals surface area contributed by atoms with Crippen LogP contribution in [0, 0.1) is 18.6 Å². The fourth-order valence-electron chi connectivity index (χ4n) is 5.96. The molecule has 0 radical (unpaired) electrons. The maximum atomic E-state index is 14.0. The number of benzene rings is 2. The van der Waals surface area contributed by atoms with Gasteiger partial charge in [-0.3, -0.25) is 14.5 Å². The zero-order valence-electron chi connectivity index (χ0n) is 24.1. The van der Waals surface area contributed by atoms with E-state index in [4.69, 9.17) is 10.5 Å². The molecule has 1 atom stereocenters. The molecule has 3 aromatic heterocycles. The third kappa shape index (κ3) is 4.58. The zero-order chi connectivity index (χ0) is 30.7. The maximum absolute atomic E-state index is 14.0. The molecule has 7 rings (SSSR count). The number of aryl methyl sites for hydroxylation is 1. The van der Waals surface area contributed by atoms with Crippen molar-refractivity contribution < 1.29 is 23.1 Å². The summed E-state index contributed by atoms with van der Waals surface area (Å²) in [5, 5.41) is 5.23. The van der Waals surface area contributed by atoms with Gasteiger partial charge in [-0.05, 0) is 67.8 Å². The number of carbonyl (C=O) groups excluding carboxylic acids is 2. The van der Waals surface area contributed by atoms with Crippen LogP contribution < -0.4 is 10.5 Å². The van der Waals surface area contributed by atoms with Gasteiger partial charge in [0.1, 0.15) is 5.82 Å². The van der Waals surface area contributed by atoms with Crippen molar-refractivity contribution in [3.8, 4) is 17.3 Å². The molecule has 5 heterocycles. The Morgan fingerprint density at radius 3 is 2.59 bits per heavy atom. The lowest BCUT2D eigenvalue weighted by molar-refractivity contribution is -0.141. The maximum Gasteiger partial charge on any atom is 0.240 e. The molecule has 5 aromatic rings. The molecule has 44 heavy (non-hydrogen) atoms. The number of rotatable bonds is 6. The van der Waals surface area contributed by atoms with E-state index >= 15 is 0 Å². The van der Waals surface area contributed by atoms with E-state index in [1.165, 1.54) is 34.8 Å². The number of hydrogen-bond acceptors (Lipinski definition) is 7. The number of nitrogen functional groups attached to an aromatic ring is 1. The number of fused-ring (bicyclic) bond motifs is 3. The van der Waals surface area contributed by atoms with Crippen LogP contribution in [0.15, 0.2) is 54.9 Å². The van der Waals surface area contributed by atoms with E-state index in [0.29, 0.717) is 30.0 Å². The number of para-hydroxylation sites is 1. The van der Waals surface area contributed by atoms with Gasteiger partial charge in [-0.1, -0.05) is 12.1 Å². The number of hydrogen-bond donors (Lipinski definition) is 2. The number of nitrogens with one attached hydrogen (secondary N) is 1. The second kappa shape index (κ2) is 10.6. The fourth-order valence-corrected chi connectivity index (χ4v) is 5.96. The van der Waals surface area contributed by atoms with Crippen LogP contribution in [0.1, 0.15) is 39.2 Å². The highest BCUT2D eigenvalue weighted by Gasteiger charge is 2.35. The van der Waals surface area contributed by atoms with Gasteiger partial charge in [0.2, 0.25) is 23.3 Å². The summed E-state index contributed by atoms with van der Waals surface area (Å²) in [6, 6.07) is 10.7.